The van der Waals surface area contributed by atoms with Crippen LogP contribution in [0.3, 0.4) is 0 Å². The molecule has 0 bridgehead atoms. The predicted molar refractivity (Wildman–Crippen MR) is 83.4 cm³/mol. The van der Waals surface area contributed by atoms with E-state index < -0.39 is 34.7 Å². The van der Waals surface area contributed by atoms with Crippen molar-refractivity contribution in [3.05, 3.63) is 55.3 Å². The third kappa shape index (κ3) is 3.31. The molecule has 0 fully saturated rings. The first-order valence-electron chi connectivity index (χ1n) is 5.44. The summed E-state index contributed by atoms with van der Waals surface area (Å²) in [4.78, 5) is 11.1. The lowest BCUT2D eigenvalue weighted by atomic mass is 10.1. The highest BCUT2D eigenvalue weighted by molar-refractivity contribution is 14.1. The number of benzene rings is 2. The van der Waals surface area contributed by atoms with E-state index in [-0.39, 0.29) is 10.2 Å². The number of carboxylic acid groups (broad SMARTS) is 1. The van der Waals surface area contributed by atoms with Gasteiger partial charge in [-0.05, 0) is 62.8 Å². The minimum atomic E-state index is -1.47. The molecule has 2 aromatic carbocycles. The molecule has 2 rings (SSSR count). The maximum atomic E-state index is 13.9. The molecule has 110 valence electrons. The zero-order chi connectivity index (χ0) is 15.7. The summed E-state index contributed by atoms with van der Waals surface area (Å²) in [6.07, 6.45) is 0. The third-order valence-electron chi connectivity index (χ3n) is 2.58. The first kappa shape index (κ1) is 16.1. The Hall–Kier alpha value is -1.29. The van der Waals surface area contributed by atoms with Gasteiger partial charge >= 0.3 is 5.97 Å². The Labute approximate surface area is 139 Å². The summed E-state index contributed by atoms with van der Waals surface area (Å²) in [5, 5.41) is 11.3. The Bertz CT molecular complexity index is 740. The van der Waals surface area contributed by atoms with Crippen molar-refractivity contribution in [1.29, 1.82) is 0 Å². The first-order valence-corrected chi connectivity index (χ1v) is 7.31. The zero-order valence-corrected chi connectivity index (χ0v) is 13.8. The fraction of sp³-hybridized carbons (Fsp3) is 0. The third-order valence-corrected chi connectivity index (χ3v) is 3.83. The molecule has 0 aliphatic rings. The maximum Gasteiger partial charge on any atom is 0.337 e. The first-order chi connectivity index (χ1) is 9.81. The predicted octanol–water partition coefficient (Wildman–Crippen LogP) is 4.91. The van der Waals surface area contributed by atoms with Crippen molar-refractivity contribution in [2.75, 3.05) is 5.32 Å². The summed E-state index contributed by atoms with van der Waals surface area (Å²) in [6, 6.07) is 4.94. The molecule has 0 saturated heterocycles. The van der Waals surface area contributed by atoms with Crippen LogP contribution in [-0.4, -0.2) is 11.1 Å². The molecule has 2 aromatic rings. The molecule has 2 N–H and O–H groups in total. The van der Waals surface area contributed by atoms with Gasteiger partial charge in [-0.3, -0.25) is 0 Å². The molecule has 0 atom stereocenters. The Balaban J connectivity index is 2.57. The lowest BCUT2D eigenvalue weighted by molar-refractivity contribution is 0.0697. The molecular weight excluding hydrogens is 466 g/mol. The fourth-order valence-electron chi connectivity index (χ4n) is 1.61. The minimum Gasteiger partial charge on any atom is -0.478 e. The van der Waals surface area contributed by atoms with E-state index in [2.05, 4.69) is 21.2 Å². The molecule has 8 heteroatoms. The average Bonchev–Trinajstić information content (AvgIpc) is 2.41. The number of hydrogen-bond donors (Lipinski definition) is 2. The molecule has 0 aromatic heterocycles. The van der Waals surface area contributed by atoms with Crippen LogP contribution >= 0.6 is 38.5 Å². The Morgan fingerprint density at radius 2 is 1.86 bits per heavy atom. The highest BCUT2D eigenvalue weighted by Crippen LogP contribution is 2.32. The van der Waals surface area contributed by atoms with E-state index in [9.17, 15) is 18.0 Å². The van der Waals surface area contributed by atoms with Crippen LogP contribution < -0.4 is 5.32 Å². The summed E-state index contributed by atoms with van der Waals surface area (Å²) < 4.78 is 41.5. The highest BCUT2D eigenvalue weighted by atomic mass is 127. The largest absolute Gasteiger partial charge is 0.478 e. The summed E-state index contributed by atoms with van der Waals surface area (Å²) in [5.74, 6) is -4.84. The molecule has 0 amide bonds. The van der Waals surface area contributed by atoms with Gasteiger partial charge in [0.25, 0.3) is 0 Å². The van der Waals surface area contributed by atoms with Gasteiger partial charge in [-0.15, -0.1) is 0 Å². The second kappa shape index (κ2) is 6.22. The van der Waals surface area contributed by atoms with Gasteiger partial charge in [0, 0.05) is 3.57 Å². The van der Waals surface area contributed by atoms with E-state index in [1.165, 1.54) is 12.1 Å². The van der Waals surface area contributed by atoms with Crippen LogP contribution in [0, 0.1) is 21.0 Å². The van der Waals surface area contributed by atoms with Crippen LogP contribution in [0.25, 0.3) is 0 Å². The standard InChI is InChI=1S/C13H6BrF3INO2/c14-7-4-6(13(20)21)12(11(17)10(7)16)19-9-2-1-5(18)3-8(9)15/h1-4,19H,(H,20,21). The van der Waals surface area contributed by atoms with Crippen LogP contribution in [-0.2, 0) is 0 Å². The quantitative estimate of drug-likeness (QED) is 0.494. The van der Waals surface area contributed by atoms with Gasteiger partial charge in [0.15, 0.2) is 11.6 Å². The number of aromatic carboxylic acids is 1. The van der Waals surface area contributed by atoms with Gasteiger partial charge < -0.3 is 10.4 Å². The second-order valence-electron chi connectivity index (χ2n) is 3.96. The second-order valence-corrected chi connectivity index (χ2v) is 6.06. The molecule has 0 unspecified atom stereocenters. The number of carbonyl (C=O) groups is 1. The lowest BCUT2D eigenvalue weighted by Gasteiger charge is -2.13. The molecule has 0 aliphatic heterocycles. The molecule has 21 heavy (non-hydrogen) atoms. The monoisotopic (exact) mass is 471 g/mol. The van der Waals surface area contributed by atoms with Gasteiger partial charge in [-0.25, -0.2) is 18.0 Å². The van der Waals surface area contributed by atoms with Crippen LogP contribution in [0.4, 0.5) is 24.5 Å². The van der Waals surface area contributed by atoms with E-state index in [0.29, 0.717) is 3.57 Å². The summed E-state index contributed by atoms with van der Waals surface area (Å²) in [7, 11) is 0. The minimum absolute atomic E-state index is 0.154. The van der Waals surface area contributed by atoms with Crippen molar-refractivity contribution in [1.82, 2.24) is 0 Å². The number of rotatable bonds is 3. The van der Waals surface area contributed by atoms with Crippen LogP contribution in [0.1, 0.15) is 10.4 Å². The van der Waals surface area contributed by atoms with Crippen molar-refractivity contribution < 1.29 is 23.1 Å². The molecule has 0 saturated carbocycles. The summed E-state index contributed by atoms with van der Waals surface area (Å²) >= 11 is 4.61. The van der Waals surface area contributed by atoms with E-state index >= 15 is 0 Å². The van der Waals surface area contributed by atoms with Crippen molar-refractivity contribution in [2.24, 2.45) is 0 Å². The summed E-state index contributed by atoms with van der Waals surface area (Å²) in [5.41, 5.74) is -1.31. The van der Waals surface area contributed by atoms with E-state index in [1.807, 2.05) is 22.6 Å². The fourth-order valence-corrected chi connectivity index (χ4v) is 2.47. The SMILES string of the molecule is O=C(O)c1cc(Br)c(F)c(F)c1Nc1ccc(I)cc1F. The van der Waals surface area contributed by atoms with Crippen molar-refractivity contribution in [2.45, 2.75) is 0 Å². The highest BCUT2D eigenvalue weighted by Gasteiger charge is 2.22. The van der Waals surface area contributed by atoms with Gasteiger partial charge in [-0.2, -0.15) is 0 Å². The smallest absolute Gasteiger partial charge is 0.337 e. The average molecular weight is 472 g/mol. The molecule has 0 heterocycles. The van der Waals surface area contributed by atoms with Crippen LogP contribution in [0.2, 0.25) is 0 Å². The van der Waals surface area contributed by atoms with Crippen molar-refractivity contribution in [3.8, 4) is 0 Å². The normalized spacial score (nSPS) is 10.5. The van der Waals surface area contributed by atoms with E-state index in [4.69, 9.17) is 5.11 Å². The number of anilines is 2. The maximum absolute atomic E-state index is 13.9. The number of hydrogen-bond acceptors (Lipinski definition) is 2. The number of carboxylic acids is 1. The van der Waals surface area contributed by atoms with Crippen molar-refractivity contribution >= 4 is 55.9 Å². The van der Waals surface area contributed by atoms with Gasteiger partial charge in [0.1, 0.15) is 5.82 Å². The summed E-state index contributed by atoms with van der Waals surface area (Å²) in [6.45, 7) is 0. The molecule has 0 aliphatic carbocycles. The van der Waals surface area contributed by atoms with E-state index in [0.717, 1.165) is 6.07 Å². The van der Waals surface area contributed by atoms with Gasteiger partial charge in [0.2, 0.25) is 0 Å². The van der Waals surface area contributed by atoms with E-state index in [1.54, 1.807) is 6.07 Å². The molecule has 3 nitrogen and oxygen atoms in total. The van der Waals surface area contributed by atoms with Gasteiger partial charge in [-0.1, -0.05) is 0 Å². The Kier molecular flexibility index (Phi) is 4.77. The Morgan fingerprint density at radius 3 is 2.43 bits per heavy atom. The van der Waals surface area contributed by atoms with Gasteiger partial charge in [0.05, 0.1) is 21.4 Å². The van der Waals surface area contributed by atoms with Crippen molar-refractivity contribution in [3.63, 3.8) is 0 Å². The lowest BCUT2D eigenvalue weighted by Crippen LogP contribution is -2.08. The van der Waals surface area contributed by atoms with Crippen LogP contribution in [0.15, 0.2) is 28.7 Å². The zero-order valence-electron chi connectivity index (χ0n) is 10.1. The molecule has 0 spiro atoms. The Morgan fingerprint density at radius 1 is 1.19 bits per heavy atom. The van der Waals surface area contributed by atoms with Crippen LogP contribution in [0.5, 0.6) is 0 Å². The number of halogens is 5. The number of nitrogens with one attached hydrogen (secondary N) is 1. The molecule has 0 radical (unpaired) electrons. The molecular formula is C13H6BrF3INO2. The topological polar surface area (TPSA) is 49.3 Å².